The van der Waals surface area contributed by atoms with E-state index >= 15 is 0 Å². The Morgan fingerprint density at radius 3 is 2.41 bits per heavy atom. The maximum absolute atomic E-state index is 12.9. The number of carbonyl (C=O) groups excluding carboxylic acids is 1. The van der Waals surface area contributed by atoms with E-state index in [4.69, 9.17) is 5.73 Å². The summed E-state index contributed by atoms with van der Waals surface area (Å²) < 4.78 is 38.8. The number of alkyl halides is 3. The number of nitrogens with two attached hydrogens (primary N) is 1. The van der Waals surface area contributed by atoms with E-state index in [9.17, 15) is 18.0 Å². The summed E-state index contributed by atoms with van der Waals surface area (Å²) in [6.07, 6.45) is 2.01. The molecular formula is C24H23F3N4O. The van der Waals surface area contributed by atoms with Gasteiger partial charge in [0.15, 0.2) is 11.6 Å². The molecule has 8 heteroatoms. The van der Waals surface area contributed by atoms with E-state index in [1.165, 1.54) is 30.9 Å². The number of hydrogen-bond acceptors (Lipinski definition) is 5. The van der Waals surface area contributed by atoms with Crippen LogP contribution in [0.2, 0.25) is 0 Å². The summed E-state index contributed by atoms with van der Waals surface area (Å²) in [5.41, 5.74) is 7.97. The van der Waals surface area contributed by atoms with E-state index in [-0.39, 0.29) is 23.6 Å². The molecule has 32 heavy (non-hydrogen) atoms. The predicted octanol–water partition coefficient (Wildman–Crippen LogP) is 5.16. The predicted molar refractivity (Wildman–Crippen MR) is 117 cm³/mol. The van der Waals surface area contributed by atoms with Crippen molar-refractivity contribution >= 4 is 17.2 Å². The van der Waals surface area contributed by atoms with Crippen molar-refractivity contribution in [2.24, 2.45) is 0 Å². The summed E-state index contributed by atoms with van der Waals surface area (Å²) in [7, 11) is 0. The fourth-order valence-electron chi connectivity index (χ4n) is 3.84. The van der Waals surface area contributed by atoms with Crippen LogP contribution in [0.3, 0.4) is 0 Å². The molecule has 2 N–H and O–H groups in total. The number of hydrogen-bond donors (Lipinski definition) is 1. The second-order valence-corrected chi connectivity index (χ2v) is 7.91. The van der Waals surface area contributed by atoms with E-state index < -0.39 is 11.7 Å². The van der Waals surface area contributed by atoms with Crippen LogP contribution in [0.25, 0.3) is 11.4 Å². The lowest BCUT2D eigenvalue weighted by Crippen LogP contribution is -2.29. The highest BCUT2D eigenvalue weighted by atomic mass is 19.4. The smallest absolute Gasteiger partial charge is 0.398 e. The van der Waals surface area contributed by atoms with E-state index in [1.54, 1.807) is 6.07 Å². The minimum absolute atomic E-state index is 0.0521. The van der Waals surface area contributed by atoms with E-state index in [0.717, 1.165) is 43.8 Å². The molecule has 1 aliphatic heterocycles. The van der Waals surface area contributed by atoms with Gasteiger partial charge in [0.05, 0.1) is 5.56 Å². The SMILES string of the molecule is Nc1ccc(N2CCCCC2)cc1C(=O)Cc1cnc(-c2cccc(C(F)(F)F)c2)nc1. The molecule has 1 aliphatic rings. The van der Waals surface area contributed by atoms with Crippen LogP contribution in [0.4, 0.5) is 24.5 Å². The lowest BCUT2D eigenvalue weighted by atomic mass is 10.0. The number of piperidine rings is 1. The molecule has 3 aromatic rings. The fourth-order valence-corrected chi connectivity index (χ4v) is 3.84. The molecule has 0 amide bonds. The largest absolute Gasteiger partial charge is 0.416 e. The van der Waals surface area contributed by atoms with E-state index in [2.05, 4.69) is 14.9 Å². The normalized spacial score (nSPS) is 14.4. The number of Topliss-reactive ketones (excluding diaryl/α,β-unsaturated/α-hetero) is 1. The van der Waals surface area contributed by atoms with Crippen LogP contribution < -0.4 is 10.6 Å². The molecule has 166 valence electrons. The van der Waals surface area contributed by atoms with Crippen molar-refractivity contribution in [3.63, 3.8) is 0 Å². The molecule has 1 fully saturated rings. The third-order valence-corrected chi connectivity index (χ3v) is 5.58. The zero-order valence-corrected chi connectivity index (χ0v) is 17.4. The van der Waals surface area contributed by atoms with Crippen molar-refractivity contribution in [3.8, 4) is 11.4 Å². The Morgan fingerprint density at radius 2 is 1.72 bits per heavy atom. The van der Waals surface area contributed by atoms with Gasteiger partial charge in [0, 0.05) is 54.4 Å². The number of ketones is 1. The number of carbonyl (C=O) groups is 1. The standard InChI is InChI=1S/C24H23F3N4O/c25-24(26,27)18-6-4-5-17(12-18)23-29-14-16(15-30-23)11-22(32)20-13-19(7-8-21(20)28)31-9-2-1-3-10-31/h4-8,12-15H,1-3,9-11,28H2. The molecule has 1 aromatic heterocycles. The van der Waals surface area contributed by atoms with Gasteiger partial charge >= 0.3 is 6.18 Å². The second kappa shape index (κ2) is 8.98. The van der Waals surface area contributed by atoms with Crippen molar-refractivity contribution in [3.05, 3.63) is 71.5 Å². The fraction of sp³-hybridized carbons (Fsp3) is 0.292. The average molecular weight is 440 g/mol. The summed E-state index contributed by atoms with van der Waals surface area (Å²) in [5.74, 6) is 0.00990. The first-order chi connectivity index (χ1) is 15.3. The Bertz CT molecular complexity index is 1110. The molecule has 0 aliphatic carbocycles. The van der Waals surface area contributed by atoms with Gasteiger partial charge in [0.1, 0.15) is 0 Å². The van der Waals surface area contributed by atoms with Crippen LogP contribution in [-0.4, -0.2) is 28.8 Å². The summed E-state index contributed by atoms with van der Waals surface area (Å²) in [4.78, 5) is 23.5. The van der Waals surface area contributed by atoms with Crippen molar-refractivity contribution < 1.29 is 18.0 Å². The number of anilines is 2. The number of nitrogen functional groups attached to an aromatic ring is 1. The molecule has 1 saturated heterocycles. The van der Waals surface area contributed by atoms with Gasteiger partial charge in [-0.05, 0) is 55.2 Å². The van der Waals surface area contributed by atoms with Crippen LogP contribution in [-0.2, 0) is 12.6 Å². The van der Waals surface area contributed by atoms with Gasteiger partial charge in [-0.3, -0.25) is 4.79 Å². The number of benzene rings is 2. The summed E-state index contributed by atoms with van der Waals surface area (Å²) in [6.45, 7) is 1.92. The van der Waals surface area contributed by atoms with Crippen molar-refractivity contribution in [1.82, 2.24) is 9.97 Å². The third kappa shape index (κ3) is 4.90. The second-order valence-electron chi connectivity index (χ2n) is 7.91. The van der Waals surface area contributed by atoms with Crippen molar-refractivity contribution in [2.75, 3.05) is 23.7 Å². The zero-order chi connectivity index (χ0) is 22.7. The van der Waals surface area contributed by atoms with Crippen LogP contribution >= 0.6 is 0 Å². The van der Waals surface area contributed by atoms with Gasteiger partial charge in [-0.15, -0.1) is 0 Å². The molecule has 0 spiro atoms. The van der Waals surface area contributed by atoms with Gasteiger partial charge in [0.2, 0.25) is 0 Å². The molecule has 2 aromatic carbocycles. The Morgan fingerprint density at radius 1 is 1.00 bits per heavy atom. The molecule has 0 atom stereocenters. The maximum atomic E-state index is 12.9. The molecular weight excluding hydrogens is 417 g/mol. The van der Waals surface area contributed by atoms with Gasteiger partial charge < -0.3 is 10.6 Å². The summed E-state index contributed by atoms with van der Waals surface area (Å²) >= 11 is 0. The highest BCUT2D eigenvalue weighted by molar-refractivity contribution is 6.02. The molecule has 0 unspecified atom stereocenters. The summed E-state index contributed by atoms with van der Waals surface area (Å²) in [6, 6.07) is 10.4. The van der Waals surface area contributed by atoms with Gasteiger partial charge in [0.25, 0.3) is 0 Å². The topological polar surface area (TPSA) is 72.1 Å². The molecule has 4 rings (SSSR count). The van der Waals surface area contributed by atoms with Gasteiger partial charge in [-0.2, -0.15) is 13.2 Å². The minimum atomic E-state index is -4.44. The van der Waals surface area contributed by atoms with Gasteiger partial charge in [-0.1, -0.05) is 12.1 Å². The first-order valence-corrected chi connectivity index (χ1v) is 10.5. The monoisotopic (exact) mass is 440 g/mol. The van der Waals surface area contributed by atoms with Crippen LogP contribution in [0.5, 0.6) is 0 Å². The average Bonchev–Trinajstić information content (AvgIpc) is 2.80. The van der Waals surface area contributed by atoms with E-state index in [1.807, 2.05) is 12.1 Å². The summed E-state index contributed by atoms with van der Waals surface area (Å²) in [5, 5.41) is 0. The molecule has 0 bridgehead atoms. The zero-order valence-electron chi connectivity index (χ0n) is 17.4. The lowest BCUT2D eigenvalue weighted by Gasteiger charge is -2.29. The third-order valence-electron chi connectivity index (χ3n) is 5.58. The van der Waals surface area contributed by atoms with Crippen molar-refractivity contribution in [2.45, 2.75) is 31.9 Å². The molecule has 0 saturated carbocycles. The first kappa shape index (κ1) is 21.8. The van der Waals surface area contributed by atoms with Gasteiger partial charge in [-0.25, -0.2) is 9.97 Å². The maximum Gasteiger partial charge on any atom is 0.416 e. The lowest BCUT2D eigenvalue weighted by molar-refractivity contribution is -0.137. The number of aromatic nitrogens is 2. The van der Waals surface area contributed by atoms with Crippen LogP contribution in [0.15, 0.2) is 54.9 Å². The Labute approximate surface area is 184 Å². The number of rotatable bonds is 5. The molecule has 5 nitrogen and oxygen atoms in total. The highest BCUT2D eigenvalue weighted by Gasteiger charge is 2.30. The first-order valence-electron chi connectivity index (χ1n) is 10.5. The van der Waals surface area contributed by atoms with Crippen LogP contribution in [0.1, 0.15) is 40.7 Å². The minimum Gasteiger partial charge on any atom is -0.398 e. The Balaban J connectivity index is 1.50. The number of halogens is 3. The molecule has 0 radical (unpaired) electrons. The Hall–Kier alpha value is -3.42. The Kier molecular flexibility index (Phi) is 6.12. The van der Waals surface area contributed by atoms with Crippen LogP contribution in [0, 0.1) is 0 Å². The highest BCUT2D eigenvalue weighted by Crippen LogP contribution is 2.31. The van der Waals surface area contributed by atoms with E-state index in [0.29, 0.717) is 16.8 Å². The molecule has 2 heterocycles. The number of nitrogens with zero attached hydrogens (tertiary/aromatic N) is 3. The van der Waals surface area contributed by atoms with Crippen molar-refractivity contribution in [1.29, 1.82) is 0 Å². The quantitative estimate of drug-likeness (QED) is 0.438.